The van der Waals surface area contributed by atoms with E-state index >= 15 is 0 Å². The first-order chi connectivity index (χ1) is 21.6. The van der Waals surface area contributed by atoms with Crippen molar-refractivity contribution in [2.24, 2.45) is 17.9 Å². The fourth-order valence-corrected chi connectivity index (χ4v) is 5.38. The quantitative estimate of drug-likeness (QED) is 0.0380. The fourth-order valence-electron chi connectivity index (χ4n) is 4.38. The van der Waals surface area contributed by atoms with Crippen LogP contribution >= 0.6 is 11.3 Å². The molecule has 6 N–H and O–H groups in total. The number of nitrogens with one attached hydrogen (secondary N) is 1. The summed E-state index contributed by atoms with van der Waals surface area (Å²) < 4.78 is 46.7. The van der Waals surface area contributed by atoms with Crippen molar-refractivity contribution in [3.05, 3.63) is 47.7 Å². The van der Waals surface area contributed by atoms with Gasteiger partial charge in [-0.3, -0.25) is 9.59 Å². The molecule has 46 heavy (non-hydrogen) atoms. The molecule has 0 saturated carbocycles. The van der Waals surface area contributed by atoms with Crippen molar-refractivity contribution in [2.75, 3.05) is 18.9 Å². The number of aliphatic carboxylic acids is 1. The molecule has 1 aromatic carbocycles. The molecule has 1 aliphatic rings. The minimum absolute atomic E-state index is 0.0539. The van der Waals surface area contributed by atoms with Gasteiger partial charge in [0.05, 0.1) is 23.8 Å². The number of benzene rings is 1. The molecule has 1 saturated heterocycles. The minimum Gasteiger partial charge on any atom is -0.724 e. The lowest BCUT2D eigenvalue weighted by molar-refractivity contribution is -0.753. The Morgan fingerprint density at radius 3 is 2.54 bits per heavy atom. The number of anilines is 1. The highest BCUT2D eigenvalue weighted by atomic mass is 32.3. The summed E-state index contributed by atoms with van der Waals surface area (Å²) in [6.45, 7) is 3.52. The van der Waals surface area contributed by atoms with Gasteiger partial charge in [0.15, 0.2) is 17.9 Å². The number of amides is 2. The molecule has 2 aromatic heterocycles. The third-order valence-corrected chi connectivity index (χ3v) is 7.85. The van der Waals surface area contributed by atoms with Crippen molar-refractivity contribution >= 4 is 50.4 Å². The second-order valence-corrected chi connectivity index (χ2v) is 12.4. The van der Waals surface area contributed by atoms with Crippen LogP contribution in [0.25, 0.3) is 11.1 Å². The zero-order chi connectivity index (χ0) is 33.8. The van der Waals surface area contributed by atoms with Crippen molar-refractivity contribution < 1.29 is 51.0 Å². The summed E-state index contributed by atoms with van der Waals surface area (Å²) in [5.41, 5.74) is 11.1. The molecular weight excluding hydrogens is 648 g/mol. The second kappa shape index (κ2) is 13.8. The molecule has 1 unspecified atom stereocenters. The average molecular weight is 681 g/mol. The third-order valence-electron chi connectivity index (χ3n) is 6.84. The number of oxime groups is 1. The van der Waals surface area contributed by atoms with E-state index in [1.54, 1.807) is 12.1 Å². The van der Waals surface area contributed by atoms with Crippen LogP contribution in [0.15, 0.2) is 47.2 Å². The fraction of sp³-hybridized carbons (Fsp3) is 0.385. The molecule has 0 spiro atoms. The van der Waals surface area contributed by atoms with E-state index in [9.17, 15) is 32.5 Å². The van der Waals surface area contributed by atoms with Crippen molar-refractivity contribution in [1.29, 1.82) is 0 Å². The van der Waals surface area contributed by atoms with Gasteiger partial charge in [0.25, 0.3) is 17.9 Å². The maximum atomic E-state index is 13.2. The van der Waals surface area contributed by atoms with Gasteiger partial charge < -0.3 is 36.0 Å². The average Bonchev–Trinajstić information content (AvgIpc) is 3.59. The summed E-state index contributed by atoms with van der Waals surface area (Å²) in [6, 6.07) is 5.59. The molecule has 1 fully saturated rings. The number of carbonyl (C=O) groups is 3. The number of nitrogen functional groups attached to an aromatic ring is 1. The van der Waals surface area contributed by atoms with Gasteiger partial charge >= 0.3 is 5.97 Å². The Morgan fingerprint density at radius 2 is 1.98 bits per heavy atom. The lowest BCUT2D eigenvalue weighted by Gasteiger charge is -2.51. The van der Waals surface area contributed by atoms with Gasteiger partial charge in [-0.25, -0.2) is 18.2 Å². The Labute approximate surface area is 267 Å². The first-order valence-corrected chi connectivity index (χ1v) is 15.8. The number of aromatic nitrogens is 3. The first-order valence-electron chi connectivity index (χ1n) is 13.6. The van der Waals surface area contributed by atoms with Gasteiger partial charge in [-0.1, -0.05) is 17.3 Å². The van der Waals surface area contributed by atoms with E-state index in [-0.39, 0.29) is 10.8 Å². The lowest BCUT2D eigenvalue weighted by atomic mass is 9.84. The second-order valence-electron chi connectivity index (χ2n) is 10.5. The lowest BCUT2D eigenvalue weighted by Crippen LogP contribution is -2.76. The van der Waals surface area contributed by atoms with Gasteiger partial charge in [-0.2, -0.15) is 14.0 Å². The number of carboxylic acids is 1. The maximum absolute atomic E-state index is 13.2. The van der Waals surface area contributed by atoms with E-state index in [1.807, 2.05) is 40.9 Å². The predicted octanol–water partition coefficient (Wildman–Crippen LogP) is -0.883. The van der Waals surface area contributed by atoms with E-state index in [4.69, 9.17) is 21.0 Å². The zero-order valence-corrected chi connectivity index (χ0v) is 26.5. The highest BCUT2D eigenvalue weighted by Crippen LogP contribution is 2.33. The van der Waals surface area contributed by atoms with Crippen molar-refractivity contribution in [3.8, 4) is 16.9 Å². The summed E-state index contributed by atoms with van der Waals surface area (Å²) in [6.07, 6.45) is 3.11. The van der Waals surface area contributed by atoms with Gasteiger partial charge in [0.1, 0.15) is 24.1 Å². The number of β-lactam (4-membered cyclic amide) rings is 1. The molecular formula is C26H32N8O10S2. The number of carbonyl (C=O) groups excluding carboxylic acids is 2. The van der Waals surface area contributed by atoms with E-state index in [2.05, 4.69) is 19.7 Å². The summed E-state index contributed by atoms with van der Waals surface area (Å²) in [7, 11) is -3.34. The number of hydroxylamine groups is 2. The number of thiazole rings is 1. The molecule has 2 amide bonds. The molecule has 3 heterocycles. The van der Waals surface area contributed by atoms with E-state index in [0.717, 1.165) is 35.4 Å². The van der Waals surface area contributed by atoms with E-state index in [1.165, 1.54) is 19.2 Å². The number of aryl methyl sites for hydroxylation is 2. The number of nitrogens with zero attached hydrogens (tertiary/aromatic N) is 5. The van der Waals surface area contributed by atoms with Crippen LogP contribution in [0, 0.1) is 0 Å². The highest BCUT2D eigenvalue weighted by molar-refractivity contribution is 7.80. The van der Waals surface area contributed by atoms with E-state index in [0.29, 0.717) is 17.4 Å². The molecule has 3 aromatic rings. The standard InChI is InChI=1S/C26H32N8O10S2/c1-26(2)21(23(36)34(26)44-46(39,40)41)30-22(35)20(18-14-45-25(28)29-18)31-43-19(24(37)38)13-42-17-7-5-15(6-8-17)16-11-32(3)33(12-16)10-4-9-27/h5-8,11-12,14,19,21H,4,9-10,13,27H2,1-3H3,(H4-,28,29,30,35,37,38,39,40,41)/b31-20+/t19?,21-/m1/s1. The van der Waals surface area contributed by atoms with Gasteiger partial charge in [-0.15, -0.1) is 16.0 Å². The van der Waals surface area contributed by atoms with Crippen LogP contribution in [-0.2, 0) is 47.5 Å². The monoisotopic (exact) mass is 680 g/mol. The molecule has 248 valence electrons. The van der Waals surface area contributed by atoms with E-state index < -0.39 is 58.2 Å². The van der Waals surface area contributed by atoms with Crippen molar-refractivity contribution in [1.82, 2.24) is 20.0 Å². The summed E-state index contributed by atoms with van der Waals surface area (Å²) >= 11 is 0.954. The molecule has 4 rings (SSSR count). The number of rotatable bonds is 15. The summed E-state index contributed by atoms with van der Waals surface area (Å²) in [4.78, 5) is 46.7. The summed E-state index contributed by atoms with van der Waals surface area (Å²) in [5, 5.41) is 17.5. The van der Waals surface area contributed by atoms with Crippen LogP contribution in [0.5, 0.6) is 5.75 Å². The molecule has 0 bridgehead atoms. The van der Waals surface area contributed by atoms with Crippen molar-refractivity contribution in [2.45, 2.75) is 44.5 Å². The Hall–Kier alpha value is -4.63. The highest BCUT2D eigenvalue weighted by Gasteiger charge is 2.57. The molecule has 2 atom stereocenters. The Morgan fingerprint density at radius 1 is 1.28 bits per heavy atom. The smallest absolute Gasteiger partial charge is 0.351 e. The maximum Gasteiger partial charge on any atom is 0.351 e. The molecule has 20 heteroatoms. The molecule has 1 aliphatic heterocycles. The number of nitrogens with two attached hydrogens (primary N) is 2. The van der Waals surface area contributed by atoms with Crippen molar-refractivity contribution in [3.63, 3.8) is 0 Å². The van der Waals surface area contributed by atoms with Crippen LogP contribution in [0.3, 0.4) is 0 Å². The largest absolute Gasteiger partial charge is 0.724 e. The SMILES string of the molecule is C[n+]1cc(-c2ccc(OCC(O/N=C(/C(=O)N[C@@H]3C(=O)N(OS(=O)(=O)[O-])C3(C)C)c3csc(N)n3)C(=O)O)cc2)cn1CCCN. The minimum atomic E-state index is -5.26. The number of ether oxygens (including phenoxy) is 1. The van der Waals surface area contributed by atoms with Gasteiger partial charge in [0.2, 0.25) is 16.6 Å². The number of hydrogen-bond acceptors (Lipinski definition) is 14. The van der Waals surface area contributed by atoms with Crippen LogP contribution in [0.4, 0.5) is 5.13 Å². The zero-order valence-electron chi connectivity index (χ0n) is 24.9. The normalized spacial score (nSPS) is 16.9. The van der Waals surface area contributed by atoms with Crippen LogP contribution in [0.1, 0.15) is 26.0 Å². The van der Waals surface area contributed by atoms with Crippen LogP contribution in [-0.4, -0.2) is 87.1 Å². The van der Waals surface area contributed by atoms with Crippen LogP contribution < -0.4 is 26.2 Å². The predicted molar refractivity (Wildman–Crippen MR) is 159 cm³/mol. The Balaban J connectivity index is 1.44. The molecule has 18 nitrogen and oxygen atoms in total. The summed E-state index contributed by atoms with van der Waals surface area (Å²) in [5.74, 6) is -3.17. The van der Waals surface area contributed by atoms with Gasteiger partial charge in [0, 0.05) is 5.38 Å². The Kier molecular flexibility index (Phi) is 10.3. The number of carboxylic acid groups (broad SMARTS) is 1. The first kappa shape index (κ1) is 34.2. The Bertz CT molecular complexity index is 1740. The van der Waals surface area contributed by atoms with Crippen LogP contribution in [0.2, 0.25) is 0 Å². The number of hydrogen-bond donors (Lipinski definition) is 4. The molecule has 0 radical (unpaired) electrons. The molecule has 0 aliphatic carbocycles. The van der Waals surface area contributed by atoms with Gasteiger partial charge in [-0.05, 0) is 44.5 Å². The topological polar surface area (TPSA) is 258 Å². The third kappa shape index (κ3) is 7.95.